The molecule has 20 heteroatoms. The number of nitrogens with zero attached hydrogens (tertiary/aromatic N) is 3. The number of ether oxygens (including phenoxy) is 1. The van der Waals surface area contributed by atoms with Crippen LogP contribution in [0.5, 0.6) is 0 Å². The summed E-state index contributed by atoms with van der Waals surface area (Å²) < 4.78 is 106. The van der Waals surface area contributed by atoms with E-state index in [9.17, 15) is 39.5 Å². The number of rotatable bonds is 5. The highest BCUT2D eigenvalue weighted by atomic mass is 19.4. The number of hydrogen-bond acceptors (Lipinski definition) is 8. The van der Waals surface area contributed by atoms with E-state index in [2.05, 4.69) is 26.9 Å². The second kappa shape index (κ2) is 17.0. The third-order valence-corrected chi connectivity index (χ3v) is 6.18. The van der Waals surface area contributed by atoms with Gasteiger partial charge in [0.25, 0.3) is 0 Å². The van der Waals surface area contributed by atoms with Crippen molar-refractivity contribution in [1.82, 2.24) is 14.8 Å². The number of carboxylic acids is 3. The molecule has 3 atom stereocenters. The van der Waals surface area contributed by atoms with Crippen LogP contribution in [0, 0.1) is 5.92 Å². The van der Waals surface area contributed by atoms with E-state index in [1.807, 2.05) is 31.8 Å². The highest BCUT2D eigenvalue weighted by Gasteiger charge is 2.44. The number of carboxylic acid groups (broad SMARTS) is 3. The zero-order valence-corrected chi connectivity index (χ0v) is 23.1. The summed E-state index contributed by atoms with van der Waals surface area (Å²) in [4.78, 5) is 36.1. The number of methoxy groups -OCH3 is 1. The maximum Gasteiger partial charge on any atom is 0.490 e. The van der Waals surface area contributed by atoms with E-state index in [1.54, 1.807) is 6.26 Å². The highest BCUT2D eigenvalue weighted by Crippen LogP contribution is 2.34. The predicted molar refractivity (Wildman–Crippen MR) is 132 cm³/mol. The molecule has 2 aliphatic heterocycles. The Morgan fingerprint density at radius 3 is 1.82 bits per heavy atom. The number of piperidine rings is 1. The van der Waals surface area contributed by atoms with Crippen LogP contribution in [0.1, 0.15) is 17.5 Å². The van der Waals surface area contributed by atoms with Crippen molar-refractivity contribution in [2.75, 3.05) is 26.7 Å². The molecule has 0 radical (unpaired) electrons. The minimum absolute atomic E-state index is 0.370. The summed E-state index contributed by atoms with van der Waals surface area (Å²) in [5, 5.41) is 21.4. The standard InChI is InChI=1S/C19H25N3O2.3C2HF3O2/c1-23-19-4-7-22(11-16-5-8-24-14-16)18-13-21(12-17(18)19)10-15-3-2-6-20-9-15;3*3-2(4,5)1(6)7/h2-3,5-6,8-9,14,17-19H,4,7,10-13H2,1H3;3*(H,6,7)/t17-,18+,19+;;;/m0.../s1. The first-order valence-corrected chi connectivity index (χ1v) is 12.5. The highest BCUT2D eigenvalue weighted by molar-refractivity contribution is 5.73. The van der Waals surface area contributed by atoms with Crippen molar-refractivity contribution in [1.29, 1.82) is 0 Å². The molecule has 0 aromatic carbocycles. The molecular weight excluding hydrogens is 641 g/mol. The molecule has 0 spiro atoms. The van der Waals surface area contributed by atoms with E-state index in [1.165, 1.54) is 11.1 Å². The summed E-state index contributed by atoms with van der Waals surface area (Å²) >= 11 is 0. The van der Waals surface area contributed by atoms with E-state index in [4.69, 9.17) is 38.9 Å². The van der Waals surface area contributed by atoms with Crippen molar-refractivity contribution in [3.05, 3.63) is 54.2 Å². The van der Waals surface area contributed by atoms with Crippen LogP contribution in [0.3, 0.4) is 0 Å². The molecule has 4 heterocycles. The molecule has 2 fully saturated rings. The smallest absolute Gasteiger partial charge is 0.475 e. The van der Waals surface area contributed by atoms with Gasteiger partial charge in [-0.1, -0.05) is 6.07 Å². The monoisotopic (exact) mass is 669 g/mol. The molecule has 0 saturated carbocycles. The Kier molecular flexibility index (Phi) is 14.7. The number of furan rings is 1. The minimum atomic E-state index is -5.08. The van der Waals surface area contributed by atoms with Crippen molar-refractivity contribution in [2.45, 2.75) is 50.2 Å². The first kappa shape index (κ1) is 39.1. The number of pyridine rings is 1. The summed E-state index contributed by atoms with van der Waals surface area (Å²) in [6, 6.07) is 6.79. The predicted octanol–water partition coefficient (Wildman–Crippen LogP) is 4.30. The number of fused-ring (bicyclic) bond motifs is 1. The van der Waals surface area contributed by atoms with E-state index < -0.39 is 36.4 Å². The van der Waals surface area contributed by atoms with Gasteiger partial charge in [0.2, 0.25) is 0 Å². The Morgan fingerprint density at radius 2 is 1.42 bits per heavy atom. The number of carbonyl (C=O) groups is 3. The molecule has 2 aliphatic rings. The van der Waals surface area contributed by atoms with E-state index >= 15 is 0 Å². The molecule has 4 rings (SSSR count). The Hall–Kier alpha value is -3.91. The zero-order valence-electron chi connectivity index (χ0n) is 23.1. The van der Waals surface area contributed by atoms with Crippen LogP contribution >= 0.6 is 0 Å². The Balaban J connectivity index is 0.000000396. The zero-order chi connectivity index (χ0) is 34.6. The van der Waals surface area contributed by atoms with Crippen LogP contribution in [-0.2, 0) is 32.2 Å². The lowest BCUT2D eigenvalue weighted by atomic mass is 9.89. The fraction of sp³-hybridized carbons (Fsp3) is 0.520. The fourth-order valence-corrected chi connectivity index (χ4v) is 4.30. The maximum atomic E-state index is 10.6. The molecule has 0 aliphatic carbocycles. The van der Waals surface area contributed by atoms with Gasteiger partial charge < -0.3 is 24.5 Å². The lowest BCUT2D eigenvalue weighted by Gasteiger charge is -2.41. The van der Waals surface area contributed by atoms with Gasteiger partial charge in [0.05, 0.1) is 18.6 Å². The second-order valence-corrected chi connectivity index (χ2v) is 9.36. The van der Waals surface area contributed by atoms with Crippen molar-refractivity contribution in [3.63, 3.8) is 0 Å². The average molecular weight is 669 g/mol. The van der Waals surface area contributed by atoms with E-state index in [0.717, 1.165) is 39.1 Å². The topological polar surface area (TPSA) is 154 Å². The average Bonchev–Trinajstić information content (AvgIpc) is 3.59. The number of alkyl halides is 9. The number of hydrogen-bond donors (Lipinski definition) is 3. The Bertz CT molecular complexity index is 1140. The van der Waals surface area contributed by atoms with Gasteiger partial charge in [0, 0.05) is 69.8 Å². The summed E-state index contributed by atoms with van der Waals surface area (Å²) in [6.45, 7) is 5.22. The molecule has 3 N–H and O–H groups in total. The minimum Gasteiger partial charge on any atom is -0.475 e. The molecule has 2 saturated heterocycles. The van der Waals surface area contributed by atoms with Crippen LogP contribution in [0.4, 0.5) is 39.5 Å². The summed E-state index contributed by atoms with van der Waals surface area (Å²) in [5.74, 6) is -7.69. The van der Waals surface area contributed by atoms with Gasteiger partial charge >= 0.3 is 36.4 Å². The quantitative estimate of drug-likeness (QED) is 0.391. The van der Waals surface area contributed by atoms with Crippen LogP contribution in [-0.4, -0.2) is 105 Å². The molecule has 0 amide bonds. The van der Waals surface area contributed by atoms with Crippen molar-refractivity contribution in [3.8, 4) is 0 Å². The van der Waals surface area contributed by atoms with Crippen LogP contribution in [0.25, 0.3) is 0 Å². The summed E-state index contributed by atoms with van der Waals surface area (Å²) in [6.07, 6.45) is -6.34. The van der Waals surface area contributed by atoms with Gasteiger partial charge in [0.1, 0.15) is 0 Å². The molecule has 0 bridgehead atoms. The van der Waals surface area contributed by atoms with Gasteiger partial charge in [0.15, 0.2) is 0 Å². The summed E-state index contributed by atoms with van der Waals surface area (Å²) in [5.41, 5.74) is 2.54. The fourth-order valence-electron chi connectivity index (χ4n) is 4.30. The maximum absolute atomic E-state index is 10.6. The van der Waals surface area contributed by atoms with Crippen LogP contribution in [0.15, 0.2) is 47.5 Å². The van der Waals surface area contributed by atoms with Crippen LogP contribution < -0.4 is 0 Å². The number of aliphatic carboxylic acids is 3. The lowest BCUT2D eigenvalue weighted by molar-refractivity contribution is -0.193. The number of likely N-dealkylation sites (tertiary alicyclic amines) is 2. The van der Waals surface area contributed by atoms with Crippen molar-refractivity contribution >= 4 is 17.9 Å². The first-order chi connectivity index (χ1) is 20.7. The Labute approximate surface area is 248 Å². The molecule has 0 unspecified atom stereocenters. The molecule has 45 heavy (non-hydrogen) atoms. The molecular formula is C25H28F9N3O8. The molecule has 254 valence electrons. The van der Waals surface area contributed by atoms with Gasteiger partial charge in [-0.15, -0.1) is 0 Å². The molecule has 2 aromatic rings. The SMILES string of the molecule is CO[C@@H]1CCN(Cc2ccoc2)[C@@H]2CN(Cc3cccnc3)C[C@@H]21.O=C(O)C(F)(F)F.O=C(O)C(F)(F)F.O=C(O)C(F)(F)F. The second-order valence-electron chi connectivity index (χ2n) is 9.36. The molecule has 11 nitrogen and oxygen atoms in total. The Morgan fingerprint density at radius 1 is 0.889 bits per heavy atom. The van der Waals surface area contributed by atoms with Crippen LogP contribution in [0.2, 0.25) is 0 Å². The van der Waals surface area contributed by atoms with Gasteiger partial charge in [-0.3, -0.25) is 14.8 Å². The lowest BCUT2D eigenvalue weighted by Crippen LogP contribution is -2.50. The van der Waals surface area contributed by atoms with E-state index in [0.29, 0.717) is 18.1 Å². The van der Waals surface area contributed by atoms with Gasteiger partial charge in [-0.2, -0.15) is 39.5 Å². The number of halogens is 9. The van der Waals surface area contributed by atoms with Gasteiger partial charge in [-0.05, 0) is 24.1 Å². The van der Waals surface area contributed by atoms with Crippen molar-refractivity contribution < 1.29 is 78.4 Å². The summed E-state index contributed by atoms with van der Waals surface area (Å²) in [7, 11) is 1.86. The largest absolute Gasteiger partial charge is 0.490 e. The first-order valence-electron chi connectivity index (χ1n) is 12.5. The number of aromatic nitrogens is 1. The van der Waals surface area contributed by atoms with Crippen molar-refractivity contribution in [2.24, 2.45) is 5.92 Å². The normalized spacial score (nSPS) is 20.3. The third-order valence-electron chi connectivity index (χ3n) is 6.18. The molecule has 2 aromatic heterocycles. The van der Waals surface area contributed by atoms with Gasteiger partial charge in [-0.25, -0.2) is 14.4 Å². The van der Waals surface area contributed by atoms with E-state index in [-0.39, 0.29) is 0 Å². The third kappa shape index (κ3) is 14.2.